The first kappa shape index (κ1) is 12.8. The van der Waals surface area contributed by atoms with E-state index in [-0.39, 0.29) is 24.0 Å². The first-order valence-electron chi connectivity index (χ1n) is 6.96. The largest absolute Gasteiger partial charge is 0.391 e. The highest BCUT2D eigenvalue weighted by atomic mass is 16.3. The molecule has 0 aromatic carbocycles. The monoisotopic (exact) mass is 240 g/mol. The Bertz CT molecular complexity index is 252. The normalized spacial score (nSPS) is 35.0. The number of piperidine rings is 1. The van der Waals surface area contributed by atoms with Gasteiger partial charge in [-0.1, -0.05) is 19.3 Å². The third-order valence-electron chi connectivity index (χ3n) is 3.97. The summed E-state index contributed by atoms with van der Waals surface area (Å²) in [6.45, 7) is 1.81. The molecule has 3 unspecified atom stereocenters. The Morgan fingerprint density at radius 1 is 1.12 bits per heavy atom. The second-order valence-electron chi connectivity index (χ2n) is 5.36. The van der Waals surface area contributed by atoms with Gasteiger partial charge in [0.2, 0.25) is 5.91 Å². The van der Waals surface area contributed by atoms with Crippen LogP contribution in [-0.4, -0.2) is 36.2 Å². The molecule has 0 spiro atoms. The van der Waals surface area contributed by atoms with E-state index in [1.165, 1.54) is 6.42 Å². The van der Waals surface area contributed by atoms with Crippen molar-refractivity contribution in [2.45, 2.75) is 57.1 Å². The van der Waals surface area contributed by atoms with Gasteiger partial charge in [-0.15, -0.1) is 0 Å². The minimum Gasteiger partial charge on any atom is -0.391 e. The van der Waals surface area contributed by atoms with Gasteiger partial charge in [-0.05, 0) is 32.2 Å². The van der Waals surface area contributed by atoms with Crippen molar-refractivity contribution in [1.82, 2.24) is 10.6 Å². The third-order valence-corrected chi connectivity index (χ3v) is 3.97. The summed E-state index contributed by atoms with van der Waals surface area (Å²) in [7, 11) is 0. The molecule has 1 saturated heterocycles. The Morgan fingerprint density at radius 3 is 2.71 bits per heavy atom. The zero-order valence-corrected chi connectivity index (χ0v) is 10.5. The number of rotatable bonds is 2. The number of nitrogens with one attached hydrogen (secondary N) is 2. The molecular formula is C13H24N2O2. The minimum absolute atomic E-state index is 0.0214. The molecule has 3 N–H and O–H groups in total. The Kier molecular flexibility index (Phi) is 4.80. The van der Waals surface area contributed by atoms with Crippen molar-refractivity contribution in [2.24, 2.45) is 5.92 Å². The lowest BCUT2D eigenvalue weighted by molar-refractivity contribution is -0.127. The van der Waals surface area contributed by atoms with Crippen LogP contribution >= 0.6 is 0 Å². The number of aliphatic hydroxyl groups excluding tert-OH is 1. The van der Waals surface area contributed by atoms with E-state index < -0.39 is 0 Å². The maximum Gasteiger partial charge on any atom is 0.224 e. The second kappa shape index (κ2) is 6.36. The van der Waals surface area contributed by atoms with Crippen LogP contribution in [0.4, 0.5) is 0 Å². The van der Waals surface area contributed by atoms with E-state index >= 15 is 0 Å². The summed E-state index contributed by atoms with van der Waals surface area (Å²) >= 11 is 0. The lowest BCUT2D eigenvalue weighted by Gasteiger charge is -2.27. The van der Waals surface area contributed by atoms with Gasteiger partial charge in [0, 0.05) is 6.54 Å². The summed E-state index contributed by atoms with van der Waals surface area (Å²) in [6, 6.07) is -0.0214. The average Bonchev–Trinajstić information content (AvgIpc) is 2.56. The number of carbonyl (C=O) groups excluding carboxylic acids is 1. The Morgan fingerprint density at radius 2 is 1.94 bits per heavy atom. The van der Waals surface area contributed by atoms with Gasteiger partial charge in [-0.3, -0.25) is 4.79 Å². The summed E-state index contributed by atoms with van der Waals surface area (Å²) in [6.07, 6.45) is 6.82. The molecule has 3 atom stereocenters. The molecule has 0 bridgehead atoms. The maximum absolute atomic E-state index is 12.1. The second-order valence-corrected chi connectivity index (χ2v) is 5.36. The molecule has 98 valence electrons. The van der Waals surface area contributed by atoms with E-state index in [1.54, 1.807) is 0 Å². The van der Waals surface area contributed by atoms with E-state index in [9.17, 15) is 9.90 Å². The van der Waals surface area contributed by atoms with Crippen LogP contribution in [-0.2, 0) is 4.79 Å². The summed E-state index contributed by atoms with van der Waals surface area (Å²) in [4.78, 5) is 12.1. The van der Waals surface area contributed by atoms with Crippen molar-refractivity contribution in [1.29, 1.82) is 0 Å². The fourth-order valence-corrected chi connectivity index (χ4v) is 2.83. The molecule has 1 aliphatic carbocycles. The summed E-state index contributed by atoms with van der Waals surface area (Å²) in [5.41, 5.74) is 0. The highest BCUT2D eigenvalue weighted by molar-refractivity contribution is 5.79. The predicted octanol–water partition coefficient (Wildman–Crippen LogP) is 0.796. The molecule has 4 heteroatoms. The first-order chi connectivity index (χ1) is 8.27. The SMILES string of the molecule is O=C(NC1CCCCCC1O)C1CCCNC1. The fraction of sp³-hybridized carbons (Fsp3) is 0.923. The molecule has 2 fully saturated rings. The van der Waals surface area contributed by atoms with Crippen molar-refractivity contribution in [3.63, 3.8) is 0 Å². The van der Waals surface area contributed by atoms with Gasteiger partial charge in [0.15, 0.2) is 0 Å². The van der Waals surface area contributed by atoms with Gasteiger partial charge in [0.05, 0.1) is 18.1 Å². The maximum atomic E-state index is 12.1. The standard InChI is InChI=1S/C13H24N2O2/c16-12-7-3-1-2-6-11(12)15-13(17)10-5-4-8-14-9-10/h10-12,14,16H,1-9H2,(H,15,17). The molecule has 0 radical (unpaired) electrons. The van der Waals surface area contributed by atoms with Crippen molar-refractivity contribution >= 4 is 5.91 Å². The molecule has 2 rings (SSSR count). The van der Waals surface area contributed by atoms with Crippen LogP contribution in [0, 0.1) is 5.92 Å². The van der Waals surface area contributed by atoms with Crippen molar-refractivity contribution in [3.8, 4) is 0 Å². The molecular weight excluding hydrogens is 216 g/mol. The summed E-state index contributed by atoms with van der Waals surface area (Å²) < 4.78 is 0. The smallest absolute Gasteiger partial charge is 0.224 e. The van der Waals surface area contributed by atoms with Crippen LogP contribution in [0.1, 0.15) is 44.9 Å². The topological polar surface area (TPSA) is 61.4 Å². The van der Waals surface area contributed by atoms with Crippen LogP contribution in [0.25, 0.3) is 0 Å². The van der Waals surface area contributed by atoms with Crippen molar-refractivity contribution in [3.05, 3.63) is 0 Å². The highest BCUT2D eigenvalue weighted by Gasteiger charge is 2.27. The lowest BCUT2D eigenvalue weighted by atomic mass is 9.97. The van der Waals surface area contributed by atoms with Gasteiger partial charge in [-0.2, -0.15) is 0 Å². The van der Waals surface area contributed by atoms with Crippen molar-refractivity contribution in [2.75, 3.05) is 13.1 Å². The van der Waals surface area contributed by atoms with Crippen LogP contribution in [0.5, 0.6) is 0 Å². The molecule has 1 aliphatic heterocycles. The Balaban J connectivity index is 1.83. The van der Waals surface area contributed by atoms with Crippen LogP contribution < -0.4 is 10.6 Å². The first-order valence-corrected chi connectivity index (χ1v) is 6.96. The van der Waals surface area contributed by atoms with Gasteiger partial charge >= 0.3 is 0 Å². The van der Waals surface area contributed by atoms with Gasteiger partial charge in [0.25, 0.3) is 0 Å². The van der Waals surface area contributed by atoms with Crippen LogP contribution in [0.3, 0.4) is 0 Å². The average molecular weight is 240 g/mol. The third kappa shape index (κ3) is 3.68. The molecule has 0 aromatic heterocycles. The summed E-state index contributed by atoms with van der Waals surface area (Å²) in [5, 5.41) is 16.3. The number of amides is 1. The van der Waals surface area contributed by atoms with E-state index in [0.29, 0.717) is 0 Å². The summed E-state index contributed by atoms with van der Waals surface area (Å²) in [5.74, 6) is 0.224. The lowest BCUT2D eigenvalue weighted by Crippen LogP contribution is -2.48. The zero-order chi connectivity index (χ0) is 12.1. The quantitative estimate of drug-likeness (QED) is 0.626. The van der Waals surface area contributed by atoms with E-state index in [0.717, 1.165) is 51.6 Å². The van der Waals surface area contributed by atoms with Crippen LogP contribution in [0.15, 0.2) is 0 Å². The molecule has 1 amide bonds. The van der Waals surface area contributed by atoms with E-state index in [2.05, 4.69) is 10.6 Å². The Labute approximate surface area is 103 Å². The van der Waals surface area contributed by atoms with Gasteiger partial charge < -0.3 is 15.7 Å². The molecule has 4 nitrogen and oxygen atoms in total. The number of aliphatic hydroxyl groups is 1. The number of hydrogen-bond acceptors (Lipinski definition) is 3. The Hall–Kier alpha value is -0.610. The number of hydrogen-bond donors (Lipinski definition) is 3. The van der Waals surface area contributed by atoms with Crippen molar-refractivity contribution < 1.29 is 9.90 Å². The van der Waals surface area contributed by atoms with E-state index in [4.69, 9.17) is 0 Å². The molecule has 17 heavy (non-hydrogen) atoms. The predicted molar refractivity (Wildman–Crippen MR) is 66.6 cm³/mol. The fourth-order valence-electron chi connectivity index (χ4n) is 2.83. The molecule has 0 aromatic rings. The molecule has 1 heterocycles. The molecule has 1 saturated carbocycles. The zero-order valence-electron chi connectivity index (χ0n) is 10.5. The van der Waals surface area contributed by atoms with E-state index in [1.807, 2.05) is 0 Å². The highest BCUT2D eigenvalue weighted by Crippen LogP contribution is 2.19. The minimum atomic E-state index is -0.349. The molecule has 2 aliphatic rings. The van der Waals surface area contributed by atoms with Gasteiger partial charge in [0.1, 0.15) is 0 Å². The van der Waals surface area contributed by atoms with Crippen LogP contribution in [0.2, 0.25) is 0 Å². The van der Waals surface area contributed by atoms with Gasteiger partial charge in [-0.25, -0.2) is 0 Å². The number of carbonyl (C=O) groups is 1.